The molecule has 0 N–H and O–H groups in total. The quantitative estimate of drug-likeness (QED) is 0.808. The number of rotatable bonds is 2. The summed E-state index contributed by atoms with van der Waals surface area (Å²) in [7, 11) is 2.12. The van der Waals surface area contributed by atoms with Gasteiger partial charge in [0.15, 0.2) is 0 Å². The van der Waals surface area contributed by atoms with Crippen LogP contribution in [0.4, 0.5) is 0 Å². The molecule has 0 saturated carbocycles. The number of likely N-dealkylation sites (tertiary alicyclic amines) is 1. The Balaban J connectivity index is 1.80. The highest BCUT2D eigenvalue weighted by atomic mass is 15.2. The number of fused-ring (bicyclic) bond motifs is 1. The topological polar surface area (TPSA) is 21.1 Å². The maximum absolute atomic E-state index is 4.75. The number of para-hydroxylation sites is 2. The van der Waals surface area contributed by atoms with Crippen LogP contribution in [0.25, 0.3) is 11.0 Å². The lowest BCUT2D eigenvalue weighted by molar-refractivity contribution is 0.180. The first-order valence-electron chi connectivity index (χ1n) is 6.87. The van der Waals surface area contributed by atoms with Gasteiger partial charge in [-0.1, -0.05) is 19.1 Å². The van der Waals surface area contributed by atoms with Crippen LogP contribution in [0, 0.1) is 5.92 Å². The summed E-state index contributed by atoms with van der Waals surface area (Å²) in [4.78, 5) is 7.28. The molecule has 0 spiro atoms. The molecular formula is C15H21N3. The van der Waals surface area contributed by atoms with Crippen LogP contribution < -0.4 is 0 Å². The van der Waals surface area contributed by atoms with E-state index >= 15 is 0 Å². The Kier molecular flexibility index (Phi) is 3.08. The van der Waals surface area contributed by atoms with Gasteiger partial charge in [0.05, 0.1) is 17.6 Å². The third kappa shape index (κ3) is 2.15. The van der Waals surface area contributed by atoms with Crippen molar-refractivity contribution in [2.75, 3.05) is 13.1 Å². The Morgan fingerprint density at radius 3 is 2.67 bits per heavy atom. The van der Waals surface area contributed by atoms with Crippen LogP contribution in [0.1, 0.15) is 25.6 Å². The third-order valence-corrected chi connectivity index (χ3v) is 4.12. The molecule has 2 aromatic rings. The minimum atomic E-state index is 0.890. The van der Waals surface area contributed by atoms with Gasteiger partial charge in [-0.3, -0.25) is 4.90 Å². The number of aryl methyl sites for hydroxylation is 1. The van der Waals surface area contributed by atoms with E-state index in [1.165, 1.54) is 37.3 Å². The van der Waals surface area contributed by atoms with E-state index in [1.54, 1.807) is 0 Å². The molecule has 1 fully saturated rings. The van der Waals surface area contributed by atoms with Gasteiger partial charge in [0.25, 0.3) is 0 Å². The number of hydrogen-bond donors (Lipinski definition) is 0. The predicted octanol–water partition coefficient (Wildman–Crippen LogP) is 2.81. The molecule has 0 atom stereocenters. The molecule has 1 aliphatic rings. The summed E-state index contributed by atoms with van der Waals surface area (Å²) in [5.74, 6) is 2.08. The first-order valence-corrected chi connectivity index (χ1v) is 6.87. The highest BCUT2D eigenvalue weighted by Gasteiger charge is 2.17. The molecule has 3 nitrogen and oxygen atoms in total. The second-order valence-corrected chi connectivity index (χ2v) is 5.53. The van der Waals surface area contributed by atoms with Gasteiger partial charge in [0, 0.05) is 7.05 Å². The lowest BCUT2D eigenvalue weighted by Crippen LogP contribution is -2.33. The van der Waals surface area contributed by atoms with Crippen LogP contribution in [-0.4, -0.2) is 27.5 Å². The van der Waals surface area contributed by atoms with Crippen molar-refractivity contribution >= 4 is 11.0 Å². The summed E-state index contributed by atoms with van der Waals surface area (Å²) in [6, 6.07) is 8.37. The van der Waals surface area contributed by atoms with Gasteiger partial charge in [-0.15, -0.1) is 0 Å². The van der Waals surface area contributed by atoms with Crippen LogP contribution in [-0.2, 0) is 13.6 Å². The van der Waals surface area contributed by atoms with Crippen molar-refractivity contribution < 1.29 is 0 Å². The van der Waals surface area contributed by atoms with E-state index in [4.69, 9.17) is 4.98 Å². The maximum Gasteiger partial charge on any atom is 0.123 e. The Labute approximate surface area is 108 Å². The van der Waals surface area contributed by atoms with E-state index in [9.17, 15) is 0 Å². The number of imidazole rings is 1. The summed E-state index contributed by atoms with van der Waals surface area (Å²) >= 11 is 0. The van der Waals surface area contributed by atoms with E-state index in [2.05, 4.69) is 47.7 Å². The molecule has 1 aromatic carbocycles. The van der Waals surface area contributed by atoms with Crippen LogP contribution in [0.5, 0.6) is 0 Å². The molecule has 96 valence electrons. The fourth-order valence-corrected chi connectivity index (χ4v) is 2.76. The van der Waals surface area contributed by atoms with Crippen molar-refractivity contribution in [2.45, 2.75) is 26.3 Å². The molecule has 1 aromatic heterocycles. The van der Waals surface area contributed by atoms with Crippen molar-refractivity contribution in [2.24, 2.45) is 13.0 Å². The molecule has 0 unspecified atom stereocenters. The highest BCUT2D eigenvalue weighted by Crippen LogP contribution is 2.20. The van der Waals surface area contributed by atoms with E-state index in [0.29, 0.717) is 0 Å². The van der Waals surface area contributed by atoms with Crippen LogP contribution >= 0.6 is 0 Å². The predicted molar refractivity (Wildman–Crippen MR) is 74.4 cm³/mol. The molecule has 0 bridgehead atoms. The summed E-state index contributed by atoms with van der Waals surface area (Å²) in [5.41, 5.74) is 2.35. The van der Waals surface area contributed by atoms with Crippen LogP contribution in [0.3, 0.4) is 0 Å². The molecule has 3 heteroatoms. The molecule has 0 amide bonds. The van der Waals surface area contributed by atoms with Crippen LogP contribution in [0.2, 0.25) is 0 Å². The van der Waals surface area contributed by atoms with E-state index < -0.39 is 0 Å². The molecule has 2 heterocycles. The highest BCUT2D eigenvalue weighted by molar-refractivity contribution is 5.75. The van der Waals surface area contributed by atoms with Gasteiger partial charge in [-0.2, -0.15) is 0 Å². The van der Waals surface area contributed by atoms with Crippen molar-refractivity contribution in [3.05, 3.63) is 30.1 Å². The molecule has 0 aliphatic carbocycles. The standard InChI is InChI=1S/C15H21N3/c1-12-7-9-18(10-8-12)11-15-16-13-5-3-4-6-14(13)17(15)2/h3-6,12H,7-11H2,1-2H3. The van der Waals surface area contributed by atoms with Gasteiger partial charge in [-0.25, -0.2) is 4.98 Å². The first kappa shape index (κ1) is 11.7. The largest absolute Gasteiger partial charge is 0.330 e. The normalized spacial score (nSPS) is 18.6. The average Bonchev–Trinajstić information content (AvgIpc) is 2.70. The van der Waals surface area contributed by atoms with Gasteiger partial charge in [0.1, 0.15) is 5.82 Å². The number of hydrogen-bond acceptors (Lipinski definition) is 2. The van der Waals surface area contributed by atoms with Gasteiger partial charge < -0.3 is 4.57 Å². The first-order chi connectivity index (χ1) is 8.74. The number of nitrogens with zero attached hydrogens (tertiary/aromatic N) is 3. The smallest absolute Gasteiger partial charge is 0.123 e. The maximum atomic E-state index is 4.75. The number of piperidine rings is 1. The van der Waals surface area contributed by atoms with Gasteiger partial charge in [-0.05, 0) is 44.0 Å². The summed E-state index contributed by atoms with van der Waals surface area (Å²) < 4.78 is 2.23. The molecule has 18 heavy (non-hydrogen) atoms. The monoisotopic (exact) mass is 243 g/mol. The van der Waals surface area contributed by atoms with E-state index in [0.717, 1.165) is 18.0 Å². The lowest BCUT2D eigenvalue weighted by atomic mass is 9.99. The summed E-state index contributed by atoms with van der Waals surface area (Å²) in [6.07, 6.45) is 2.65. The van der Waals surface area contributed by atoms with Crippen molar-refractivity contribution in [1.29, 1.82) is 0 Å². The zero-order valence-electron chi connectivity index (χ0n) is 11.3. The summed E-state index contributed by atoms with van der Waals surface area (Å²) in [6.45, 7) is 5.76. The zero-order chi connectivity index (χ0) is 12.5. The molecular weight excluding hydrogens is 222 g/mol. The molecule has 1 saturated heterocycles. The van der Waals surface area contributed by atoms with Crippen molar-refractivity contribution in [3.63, 3.8) is 0 Å². The fourth-order valence-electron chi connectivity index (χ4n) is 2.76. The number of benzene rings is 1. The minimum Gasteiger partial charge on any atom is -0.330 e. The third-order valence-electron chi connectivity index (χ3n) is 4.12. The van der Waals surface area contributed by atoms with Crippen LogP contribution in [0.15, 0.2) is 24.3 Å². The van der Waals surface area contributed by atoms with Crippen molar-refractivity contribution in [1.82, 2.24) is 14.5 Å². The number of aromatic nitrogens is 2. The molecule has 1 aliphatic heterocycles. The second-order valence-electron chi connectivity index (χ2n) is 5.53. The van der Waals surface area contributed by atoms with Gasteiger partial charge in [0.2, 0.25) is 0 Å². The Hall–Kier alpha value is -1.35. The summed E-state index contributed by atoms with van der Waals surface area (Å²) in [5, 5.41) is 0. The van der Waals surface area contributed by atoms with E-state index in [1.807, 2.05) is 0 Å². The Morgan fingerprint density at radius 1 is 1.22 bits per heavy atom. The second kappa shape index (κ2) is 4.73. The Bertz CT molecular complexity index is 536. The van der Waals surface area contributed by atoms with Crippen molar-refractivity contribution in [3.8, 4) is 0 Å². The van der Waals surface area contributed by atoms with E-state index in [-0.39, 0.29) is 0 Å². The Morgan fingerprint density at radius 2 is 1.94 bits per heavy atom. The molecule has 0 radical (unpaired) electrons. The lowest BCUT2D eigenvalue weighted by Gasteiger charge is -2.29. The minimum absolute atomic E-state index is 0.890. The SMILES string of the molecule is CC1CCN(Cc2nc3ccccc3n2C)CC1. The molecule has 3 rings (SSSR count). The fraction of sp³-hybridized carbons (Fsp3) is 0.533. The van der Waals surface area contributed by atoms with Gasteiger partial charge >= 0.3 is 0 Å². The average molecular weight is 243 g/mol. The zero-order valence-corrected chi connectivity index (χ0v) is 11.3.